The number of piperidine rings is 2. The third kappa shape index (κ3) is 5.74. The smallest absolute Gasteiger partial charge is 0.410 e. The summed E-state index contributed by atoms with van der Waals surface area (Å²) in [4.78, 5) is 70.0. The molecule has 1 atom stereocenters. The van der Waals surface area contributed by atoms with E-state index in [9.17, 15) is 24.0 Å². The lowest BCUT2D eigenvalue weighted by Crippen LogP contribution is -2.54. The molecule has 2 aromatic rings. The topological polar surface area (TPSA) is 120 Å². The fraction of sp³-hybridized carbons (Fsp3) is 0.452. The molecule has 3 saturated heterocycles. The van der Waals surface area contributed by atoms with Crippen molar-refractivity contribution < 1.29 is 28.7 Å². The van der Waals surface area contributed by atoms with Crippen LogP contribution < -0.4 is 10.2 Å². The summed E-state index contributed by atoms with van der Waals surface area (Å²) in [5, 5.41) is 2.23. The number of rotatable bonds is 6. The van der Waals surface area contributed by atoms with Gasteiger partial charge in [0.25, 0.3) is 11.8 Å². The minimum Gasteiger partial charge on any atom is -0.445 e. The van der Waals surface area contributed by atoms with Crippen LogP contribution in [0.4, 0.5) is 10.5 Å². The molecule has 6 rings (SSSR count). The van der Waals surface area contributed by atoms with Crippen LogP contribution in [0, 0.1) is 5.92 Å². The number of carbonyl (C=O) groups excluding carboxylic acids is 5. The van der Waals surface area contributed by atoms with Crippen LogP contribution in [0.3, 0.4) is 0 Å². The monoisotopic (exact) mass is 573 g/mol. The van der Waals surface area contributed by atoms with Crippen LogP contribution in [0.5, 0.6) is 0 Å². The van der Waals surface area contributed by atoms with Gasteiger partial charge < -0.3 is 14.5 Å². The van der Waals surface area contributed by atoms with Crippen molar-refractivity contribution >= 4 is 35.4 Å². The lowest BCUT2D eigenvalue weighted by molar-refractivity contribution is -0.136. The minimum atomic E-state index is -0.962. The summed E-state index contributed by atoms with van der Waals surface area (Å²) in [6.07, 6.45) is 1.99. The van der Waals surface area contributed by atoms with Crippen molar-refractivity contribution in [3.05, 3.63) is 65.2 Å². The quantitative estimate of drug-likeness (QED) is 0.523. The number of anilines is 1. The first-order valence-electron chi connectivity index (χ1n) is 14.7. The molecule has 42 heavy (non-hydrogen) atoms. The van der Waals surface area contributed by atoms with Gasteiger partial charge in [0.15, 0.2) is 0 Å². The Bertz CT molecular complexity index is 1380. The number of amides is 5. The predicted octanol–water partition coefficient (Wildman–Crippen LogP) is 2.26. The van der Waals surface area contributed by atoms with Crippen LogP contribution in [0.1, 0.15) is 52.0 Å². The van der Waals surface area contributed by atoms with Gasteiger partial charge in [0.2, 0.25) is 11.8 Å². The summed E-state index contributed by atoms with van der Waals surface area (Å²) >= 11 is 0. The van der Waals surface area contributed by atoms with Gasteiger partial charge in [-0.1, -0.05) is 30.3 Å². The molecule has 1 unspecified atom stereocenters. The molecule has 5 amide bonds. The Balaban J connectivity index is 0.973. The third-order valence-electron chi connectivity index (χ3n) is 8.76. The van der Waals surface area contributed by atoms with Crippen molar-refractivity contribution in [2.75, 3.05) is 50.7 Å². The number of piperazine rings is 1. The fourth-order valence-corrected chi connectivity index (χ4v) is 6.32. The fourth-order valence-electron chi connectivity index (χ4n) is 6.32. The lowest BCUT2D eigenvalue weighted by Gasteiger charge is -2.39. The van der Waals surface area contributed by atoms with Crippen LogP contribution in [-0.4, -0.2) is 96.3 Å². The number of benzene rings is 2. The van der Waals surface area contributed by atoms with Crippen molar-refractivity contribution in [3.8, 4) is 0 Å². The zero-order chi connectivity index (χ0) is 29.2. The van der Waals surface area contributed by atoms with E-state index in [0.29, 0.717) is 30.1 Å². The summed E-state index contributed by atoms with van der Waals surface area (Å²) in [6.45, 7) is 5.91. The standard InChI is InChI=1S/C31H35N5O6/c37-27-9-8-26(28(38)32-27)36-29(39)24-7-6-23(18-25(24)30(36)40)34-12-10-21(11-13-34)19-33-14-16-35(17-15-33)31(41)42-20-22-4-2-1-3-5-22/h1-7,18,21,26H,8-17,19-20H2,(H,32,37,38). The Kier molecular flexibility index (Phi) is 7.92. The average molecular weight is 574 g/mol. The highest BCUT2D eigenvalue weighted by Gasteiger charge is 2.44. The van der Waals surface area contributed by atoms with Crippen molar-refractivity contribution in [1.29, 1.82) is 0 Å². The molecule has 2 aromatic carbocycles. The van der Waals surface area contributed by atoms with E-state index in [4.69, 9.17) is 4.74 Å². The molecule has 0 spiro atoms. The number of fused-ring (bicyclic) bond motifs is 1. The van der Waals surface area contributed by atoms with Gasteiger partial charge in [-0.3, -0.25) is 34.3 Å². The number of hydrogen-bond donors (Lipinski definition) is 1. The van der Waals surface area contributed by atoms with Crippen molar-refractivity contribution in [2.24, 2.45) is 5.92 Å². The zero-order valence-corrected chi connectivity index (χ0v) is 23.5. The highest BCUT2D eigenvalue weighted by Crippen LogP contribution is 2.32. The number of imide groups is 2. The van der Waals surface area contributed by atoms with Gasteiger partial charge in [-0.2, -0.15) is 0 Å². The van der Waals surface area contributed by atoms with Crippen LogP contribution in [-0.2, 0) is 20.9 Å². The summed E-state index contributed by atoms with van der Waals surface area (Å²) in [5.74, 6) is -1.42. The first-order chi connectivity index (χ1) is 20.4. The predicted molar refractivity (Wildman–Crippen MR) is 153 cm³/mol. The number of ether oxygens (including phenoxy) is 1. The second-order valence-corrected chi connectivity index (χ2v) is 11.4. The molecule has 0 aromatic heterocycles. The summed E-state index contributed by atoms with van der Waals surface area (Å²) < 4.78 is 5.48. The summed E-state index contributed by atoms with van der Waals surface area (Å²) in [6, 6.07) is 14.0. The number of carbonyl (C=O) groups is 5. The Morgan fingerprint density at radius 2 is 1.55 bits per heavy atom. The van der Waals surface area contributed by atoms with Gasteiger partial charge in [0.05, 0.1) is 11.1 Å². The molecule has 4 heterocycles. The molecular weight excluding hydrogens is 538 g/mol. The number of hydrogen-bond acceptors (Lipinski definition) is 8. The Morgan fingerprint density at radius 1 is 0.833 bits per heavy atom. The first-order valence-corrected chi connectivity index (χ1v) is 14.7. The SMILES string of the molecule is O=C1CCC(N2C(=O)c3ccc(N4CCC(CN5CCN(C(=O)OCc6ccccc6)CC5)CC4)cc3C2=O)C(=O)N1. The summed E-state index contributed by atoms with van der Waals surface area (Å²) in [5.41, 5.74) is 2.47. The van der Waals surface area contributed by atoms with Gasteiger partial charge >= 0.3 is 6.09 Å². The van der Waals surface area contributed by atoms with Crippen LogP contribution in [0.25, 0.3) is 0 Å². The molecule has 0 saturated carbocycles. The maximum absolute atomic E-state index is 13.2. The Labute approximate surface area is 244 Å². The largest absolute Gasteiger partial charge is 0.445 e. The molecule has 11 nitrogen and oxygen atoms in total. The second kappa shape index (κ2) is 11.9. The van der Waals surface area contributed by atoms with Crippen LogP contribution >= 0.6 is 0 Å². The van der Waals surface area contributed by atoms with E-state index in [2.05, 4.69) is 15.1 Å². The van der Waals surface area contributed by atoms with Gasteiger partial charge in [-0.15, -0.1) is 0 Å². The van der Waals surface area contributed by atoms with E-state index >= 15 is 0 Å². The van der Waals surface area contributed by atoms with Gasteiger partial charge in [-0.05, 0) is 48.9 Å². The Hall–Kier alpha value is -4.25. The minimum absolute atomic E-state index is 0.0982. The van der Waals surface area contributed by atoms with E-state index in [1.807, 2.05) is 36.4 Å². The van der Waals surface area contributed by atoms with Gasteiger partial charge in [0.1, 0.15) is 12.6 Å². The number of nitrogens with one attached hydrogen (secondary N) is 1. The third-order valence-corrected chi connectivity index (χ3v) is 8.76. The molecule has 3 fully saturated rings. The zero-order valence-electron chi connectivity index (χ0n) is 23.5. The van der Waals surface area contributed by atoms with Crippen molar-refractivity contribution in [3.63, 3.8) is 0 Å². The Morgan fingerprint density at radius 3 is 2.26 bits per heavy atom. The number of nitrogens with zero attached hydrogens (tertiary/aromatic N) is 4. The van der Waals surface area contributed by atoms with E-state index < -0.39 is 23.8 Å². The van der Waals surface area contributed by atoms with E-state index in [0.717, 1.165) is 61.7 Å². The van der Waals surface area contributed by atoms with E-state index in [1.54, 1.807) is 17.0 Å². The molecule has 11 heteroatoms. The van der Waals surface area contributed by atoms with Crippen LogP contribution in [0.15, 0.2) is 48.5 Å². The average Bonchev–Trinajstić information content (AvgIpc) is 3.26. The highest BCUT2D eigenvalue weighted by atomic mass is 16.6. The highest BCUT2D eigenvalue weighted by molar-refractivity contribution is 6.23. The van der Waals surface area contributed by atoms with Crippen molar-refractivity contribution in [2.45, 2.75) is 38.3 Å². The molecule has 0 radical (unpaired) electrons. The molecular formula is C31H35N5O6. The molecule has 0 aliphatic carbocycles. The molecule has 220 valence electrons. The maximum atomic E-state index is 13.2. The molecule has 1 N–H and O–H groups in total. The maximum Gasteiger partial charge on any atom is 0.410 e. The van der Waals surface area contributed by atoms with Gasteiger partial charge in [-0.25, -0.2) is 4.79 Å². The first kappa shape index (κ1) is 27.9. The normalized spacial score (nSPS) is 21.9. The van der Waals surface area contributed by atoms with Gasteiger partial charge in [0, 0.05) is 57.9 Å². The lowest BCUT2D eigenvalue weighted by atomic mass is 9.95. The van der Waals surface area contributed by atoms with Crippen LogP contribution in [0.2, 0.25) is 0 Å². The molecule has 4 aliphatic heterocycles. The summed E-state index contributed by atoms with van der Waals surface area (Å²) in [7, 11) is 0. The van der Waals surface area contributed by atoms with E-state index in [-0.39, 0.29) is 31.4 Å². The molecule has 0 bridgehead atoms. The molecule has 4 aliphatic rings. The van der Waals surface area contributed by atoms with Crippen molar-refractivity contribution in [1.82, 2.24) is 20.0 Å². The second-order valence-electron chi connectivity index (χ2n) is 11.4. The van der Waals surface area contributed by atoms with E-state index in [1.165, 1.54) is 0 Å².